The molecule has 0 saturated carbocycles. The first kappa shape index (κ1) is 15.1. The third kappa shape index (κ3) is 2.98. The van der Waals surface area contributed by atoms with Gasteiger partial charge in [-0.15, -0.1) is 16.4 Å². The van der Waals surface area contributed by atoms with Gasteiger partial charge in [0.2, 0.25) is 5.95 Å². The maximum atomic E-state index is 12.4. The number of thiophene rings is 1. The predicted octanol–water partition coefficient (Wildman–Crippen LogP) is 1.95. The summed E-state index contributed by atoms with van der Waals surface area (Å²) in [6, 6.07) is 5.80. The molecule has 24 heavy (non-hydrogen) atoms. The van der Waals surface area contributed by atoms with Gasteiger partial charge in [0.1, 0.15) is 0 Å². The molecule has 3 aromatic heterocycles. The van der Waals surface area contributed by atoms with Gasteiger partial charge in [0.25, 0.3) is 5.91 Å². The van der Waals surface area contributed by atoms with Gasteiger partial charge in [0.15, 0.2) is 5.65 Å². The van der Waals surface area contributed by atoms with E-state index >= 15 is 0 Å². The second kappa shape index (κ2) is 6.21. The van der Waals surface area contributed by atoms with Crippen molar-refractivity contribution in [3.63, 3.8) is 0 Å². The van der Waals surface area contributed by atoms with Crippen molar-refractivity contribution in [2.75, 3.05) is 18.9 Å². The van der Waals surface area contributed by atoms with Crippen LogP contribution in [0, 0.1) is 0 Å². The zero-order valence-electron chi connectivity index (χ0n) is 12.9. The Morgan fingerprint density at radius 2 is 2.33 bits per heavy atom. The molecule has 1 saturated heterocycles. The lowest BCUT2D eigenvalue weighted by atomic mass is 10.1. The highest BCUT2D eigenvalue weighted by Gasteiger charge is 2.18. The number of nitrogens with one attached hydrogen (secondary N) is 1. The minimum absolute atomic E-state index is 0.0483. The number of fused-ring (bicyclic) bond motifs is 1. The number of nitrogen functional groups attached to an aromatic ring is 1. The van der Waals surface area contributed by atoms with Crippen molar-refractivity contribution in [3.05, 3.63) is 34.7 Å². The minimum atomic E-state index is -0.0483. The molecule has 3 N–H and O–H groups in total. The van der Waals surface area contributed by atoms with E-state index in [0.29, 0.717) is 17.1 Å². The number of ether oxygens (including phenoxy) is 1. The molecule has 0 aliphatic carbocycles. The summed E-state index contributed by atoms with van der Waals surface area (Å²) in [6.45, 7) is 1.37. The fourth-order valence-electron chi connectivity index (χ4n) is 2.79. The number of pyridine rings is 1. The lowest BCUT2D eigenvalue weighted by molar-refractivity contribution is 0.0626. The van der Waals surface area contributed by atoms with Gasteiger partial charge >= 0.3 is 0 Å². The van der Waals surface area contributed by atoms with Crippen LogP contribution in [-0.4, -0.2) is 39.8 Å². The van der Waals surface area contributed by atoms with E-state index in [-0.39, 0.29) is 17.9 Å². The summed E-state index contributed by atoms with van der Waals surface area (Å²) in [5.74, 6) is 0.195. The van der Waals surface area contributed by atoms with Crippen LogP contribution in [0.3, 0.4) is 0 Å². The Hall–Kier alpha value is -2.45. The average molecular weight is 343 g/mol. The van der Waals surface area contributed by atoms with Crippen LogP contribution in [0.4, 0.5) is 5.95 Å². The number of hydrogen-bond donors (Lipinski definition) is 2. The molecule has 4 rings (SSSR count). The van der Waals surface area contributed by atoms with E-state index in [1.54, 1.807) is 4.52 Å². The molecule has 7 nitrogen and oxygen atoms in total. The Morgan fingerprint density at radius 1 is 1.42 bits per heavy atom. The van der Waals surface area contributed by atoms with Crippen LogP contribution < -0.4 is 11.1 Å². The standard InChI is InChI=1S/C16H17N5O2S/c17-16-19-14-4-3-10(7-21(14)20-16)11-6-13(24-9-11)15(22)18-12-2-1-5-23-8-12/h3-4,6-7,9,12H,1-2,5,8H2,(H2,17,20)(H,18,22). The normalized spacial score (nSPS) is 17.9. The fraction of sp³-hybridized carbons (Fsp3) is 0.312. The first-order valence-electron chi connectivity index (χ1n) is 7.78. The van der Waals surface area contributed by atoms with E-state index in [9.17, 15) is 4.79 Å². The van der Waals surface area contributed by atoms with Gasteiger partial charge in [-0.25, -0.2) is 4.52 Å². The van der Waals surface area contributed by atoms with E-state index in [2.05, 4.69) is 15.4 Å². The fourth-order valence-corrected chi connectivity index (χ4v) is 3.61. The molecule has 124 valence electrons. The largest absolute Gasteiger partial charge is 0.379 e. The summed E-state index contributed by atoms with van der Waals surface area (Å²) in [4.78, 5) is 17.2. The molecule has 3 aromatic rings. The smallest absolute Gasteiger partial charge is 0.261 e. The van der Waals surface area contributed by atoms with Crippen LogP contribution in [0.1, 0.15) is 22.5 Å². The molecule has 0 radical (unpaired) electrons. The first-order valence-corrected chi connectivity index (χ1v) is 8.66. The summed E-state index contributed by atoms with van der Waals surface area (Å²) in [5.41, 5.74) is 8.24. The second-order valence-electron chi connectivity index (χ2n) is 5.78. The molecule has 4 heterocycles. The van der Waals surface area contributed by atoms with Crippen molar-refractivity contribution in [2.45, 2.75) is 18.9 Å². The summed E-state index contributed by atoms with van der Waals surface area (Å²) in [5, 5.41) is 9.11. The number of aromatic nitrogens is 3. The number of nitrogens with two attached hydrogens (primary N) is 1. The third-order valence-electron chi connectivity index (χ3n) is 4.00. The number of anilines is 1. The zero-order chi connectivity index (χ0) is 16.5. The van der Waals surface area contributed by atoms with Gasteiger partial charge in [-0.1, -0.05) is 0 Å². The van der Waals surface area contributed by atoms with Crippen LogP contribution in [0.2, 0.25) is 0 Å². The molecule has 0 bridgehead atoms. The van der Waals surface area contributed by atoms with E-state index in [0.717, 1.165) is 30.6 Å². The highest BCUT2D eigenvalue weighted by molar-refractivity contribution is 7.12. The molecule has 1 fully saturated rings. The number of rotatable bonds is 3. The molecule has 1 aliphatic heterocycles. The van der Waals surface area contributed by atoms with Gasteiger partial charge in [0.05, 0.1) is 17.5 Å². The molecular formula is C16H17N5O2S. The van der Waals surface area contributed by atoms with Crippen LogP contribution in [-0.2, 0) is 4.74 Å². The quantitative estimate of drug-likeness (QED) is 0.758. The van der Waals surface area contributed by atoms with E-state index < -0.39 is 0 Å². The molecule has 1 unspecified atom stereocenters. The Labute approximate surface area is 142 Å². The number of carbonyl (C=O) groups is 1. The molecule has 8 heteroatoms. The van der Waals surface area contributed by atoms with E-state index in [1.807, 2.05) is 29.8 Å². The van der Waals surface area contributed by atoms with E-state index in [4.69, 9.17) is 10.5 Å². The molecular weight excluding hydrogens is 326 g/mol. The summed E-state index contributed by atoms with van der Waals surface area (Å²) in [7, 11) is 0. The number of amides is 1. The topological polar surface area (TPSA) is 94.5 Å². The van der Waals surface area contributed by atoms with Gasteiger partial charge in [0, 0.05) is 18.4 Å². The highest BCUT2D eigenvalue weighted by Crippen LogP contribution is 2.26. The van der Waals surface area contributed by atoms with Gasteiger partial charge in [-0.05, 0) is 42.0 Å². The van der Waals surface area contributed by atoms with Crippen LogP contribution in [0.25, 0.3) is 16.8 Å². The van der Waals surface area contributed by atoms with Gasteiger partial charge < -0.3 is 15.8 Å². The lowest BCUT2D eigenvalue weighted by Gasteiger charge is -2.22. The number of nitrogens with zero attached hydrogens (tertiary/aromatic N) is 3. The monoisotopic (exact) mass is 343 g/mol. The minimum Gasteiger partial charge on any atom is -0.379 e. The summed E-state index contributed by atoms with van der Waals surface area (Å²) >= 11 is 1.43. The number of hydrogen-bond acceptors (Lipinski definition) is 6. The Kier molecular flexibility index (Phi) is 3.91. The zero-order valence-corrected chi connectivity index (χ0v) is 13.8. The Bertz CT molecular complexity index is 882. The van der Waals surface area contributed by atoms with Crippen molar-refractivity contribution in [1.82, 2.24) is 19.9 Å². The van der Waals surface area contributed by atoms with E-state index in [1.165, 1.54) is 11.3 Å². The Morgan fingerprint density at radius 3 is 3.17 bits per heavy atom. The highest BCUT2D eigenvalue weighted by atomic mass is 32.1. The molecule has 1 atom stereocenters. The third-order valence-corrected chi connectivity index (χ3v) is 4.93. The first-order chi connectivity index (χ1) is 11.7. The Balaban J connectivity index is 1.53. The molecule has 1 aliphatic rings. The summed E-state index contributed by atoms with van der Waals surface area (Å²) < 4.78 is 7.04. The van der Waals surface area contributed by atoms with Crippen LogP contribution in [0.5, 0.6) is 0 Å². The maximum Gasteiger partial charge on any atom is 0.261 e. The molecule has 1 amide bonds. The van der Waals surface area contributed by atoms with Crippen molar-refractivity contribution in [1.29, 1.82) is 0 Å². The summed E-state index contributed by atoms with van der Waals surface area (Å²) in [6.07, 6.45) is 3.81. The van der Waals surface area contributed by atoms with Crippen molar-refractivity contribution >= 4 is 28.8 Å². The second-order valence-corrected chi connectivity index (χ2v) is 6.69. The maximum absolute atomic E-state index is 12.4. The number of carbonyl (C=O) groups excluding carboxylic acids is 1. The van der Waals surface area contributed by atoms with Crippen molar-refractivity contribution in [2.24, 2.45) is 0 Å². The van der Waals surface area contributed by atoms with Gasteiger partial charge in [-0.3, -0.25) is 4.79 Å². The van der Waals surface area contributed by atoms with Crippen LogP contribution in [0.15, 0.2) is 29.8 Å². The SMILES string of the molecule is Nc1nc2ccc(-c3csc(C(=O)NC4CCCOC4)c3)cn2n1. The van der Waals surface area contributed by atoms with Gasteiger partial charge in [-0.2, -0.15) is 4.98 Å². The van der Waals surface area contributed by atoms with Crippen molar-refractivity contribution in [3.8, 4) is 11.1 Å². The average Bonchev–Trinajstić information content (AvgIpc) is 3.20. The van der Waals surface area contributed by atoms with Crippen molar-refractivity contribution < 1.29 is 9.53 Å². The predicted molar refractivity (Wildman–Crippen MR) is 92.0 cm³/mol. The molecule has 0 aromatic carbocycles. The lowest BCUT2D eigenvalue weighted by Crippen LogP contribution is -2.40. The van der Waals surface area contributed by atoms with Crippen LogP contribution >= 0.6 is 11.3 Å². The molecule has 0 spiro atoms.